The number of hydrogen-bond donors (Lipinski definition) is 0. The van der Waals surface area contributed by atoms with Crippen LogP contribution in [0.15, 0.2) is 0 Å². The van der Waals surface area contributed by atoms with Gasteiger partial charge in [0.05, 0.1) is 0 Å². The normalized spacial score (nSPS) is 12.1. The van der Waals surface area contributed by atoms with Crippen LogP contribution in [0.2, 0.25) is 0 Å². The molecule has 4 heteroatoms. The van der Waals surface area contributed by atoms with Gasteiger partial charge in [0, 0.05) is 18.4 Å². The van der Waals surface area contributed by atoms with Crippen molar-refractivity contribution in [2.75, 3.05) is 13.1 Å². The summed E-state index contributed by atoms with van der Waals surface area (Å²) < 4.78 is 0. The van der Waals surface area contributed by atoms with E-state index in [0.29, 0.717) is 0 Å². The van der Waals surface area contributed by atoms with E-state index in [1.807, 2.05) is 0 Å². The van der Waals surface area contributed by atoms with Gasteiger partial charge in [-0.05, 0) is 32.9 Å². The van der Waals surface area contributed by atoms with Crippen LogP contribution in [0.5, 0.6) is 0 Å². The van der Waals surface area contributed by atoms with Crippen LogP contribution in [-0.2, 0) is 4.79 Å². The van der Waals surface area contributed by atoms with E-state index >= 15 is 0 Å². The average Bonchev–Trinajstić information content (AvgIpc) is 2.87. The Kier molecular flexibility index (Phi) is 35.1. The van der Waals surface area contributed by atoms with Crippen molar-refractivity contribution in [3.63, 3.8) is 0 Å². The maximum absolute atomic E-state index is 11.2. The fourth-order valence-electron chi connectivity index (χ4n) is 5.59. The van der Waals surface area contributed by atoms with Crippen molar-refractivity contribution in [2.24, 2.45) is 0 Å². The van der Waals surface area contributed by atoms with Gasteiger partial charge in [-0.1, -0.05) is 168 Å². The van der Waals surface area contributed by atoms with Crippen molar-refractivity contribution in [2.45, 2.75) is 200 Å². The minimum atomic E-state index is -0.909. The van der Waals surface area contributed by atoms with Gasteiger partial charge in [-0.15, -0.1) is 0 Å². The Balaban J connectivity index is 0. The summed E-state index contributed by atoms with van der Waals surface area (Å²) in [5.74, 6) is -0.909. The number of aliphatic carboxylic acids is 1. The zero-order valence-corrected chi connectivity index (χ0v) is 26.8. The molecule has 0 saturated carbocycles. The van der Waals surface area contributed by atoms with Crippen molar-refractivity contribution in [3.8, 4) is 0 Å². The number of hydrogen-bond acceptors (Lipinski definition) is 3. The van der Waals surface area contributed by atoms with E-state index in [4.69, 9.17) is 0 Å². The molecule has 0 aromatic rings. The second kappa shape index (κ2) is 33.2. The minimum absolute atomic E-state index is 0. The van der Waals surface area contributed by atoms with Crippen LogP contribution in [0.1, 0.15) is 194 Å². The molecule has 0 amide bonds. The van der Waals surface area contributed by atoms with Crippen LogP contribution in [-0.4, -0.2) is 30.0 Å². The maximum Gasteiger partial charge on any atom is 1.00 e. The third-order valence-electron chi connectivity index (χ3n) is 8.18. The quantitative estimate of drug-likeness (QED) is 0.0717. The molecule has 0 aromatic heterocycles. The fraction of sp³-hybridized carbons (Fsp3) is 0.971. The molecule has 0 heterocycles. The molecule has 38 heavy (non-hydrogen) atoms. The summed E-state index contributed by atoms with van der Waals surface area (Å²) in [6.07, 6.45) is 35.9. The Morgan fingerprint density at radius 1 is 0.500 bits per heavy atom. The first kappa shape index (κ1) is 40.2. The second-order valence-electron chi connectivity index (χ2n) is 11.9. The third-order valence-corrected chi connectivity index (χ3v) is 8.18. The first-order chi connectivity index (χ1) is 18.1. The number of carboxylic acids is 1. The van der Waals surface area contributed by atoms with Gasteiger partial charge in [0.15, 0.2) is 0 Å². The zero-order chi connectivity index (χ0) is 27.2. The van der Waals surface area contributed by atoms with Crippen LogP contribution in [0.25, 0.3) is 0 Å². The number of rotatable bonds is 31. The van der Waals surface area contributed by atoms with Gasteiger partial charge >= 0.3 is 18.9 Å². The molecule has 0 N–H and O–H groups in total. The van der Waals surface area contributed by atoms with E-state index in [-0.39, 0.29) is 31.3 Å². The molecular weight excluding hydrogens is 461 g/mol. The Hall–Kier alpha value is 0.0274. The van der Waals surface area contributed by atoms with Gasteiger partial charge < -0.3 is 14.8 Å². The van der Waals surface area contributed by atoms with Crippen LogP contribution in [0.4, 0.5) is 0 Å². The second-order valence-corrected chi connectivity index (χ2v) is 11.9. The molecule has 0 saturated heterocycles. The topological polar surface area (TPSA) is 43.4 Å². The first-order valence-corrected chi connectivity index (χ1v) is 17.1. The number of unbranched alkanes of at least 4 members (excludes halogenated alkanes) is 24. The number of carbonyl (C=O) groups excluding carboxylic acids is 1. The standard InChI is InChI=1S/C34H69NO2.Li/c1-4-6-8-10-12-14-16-18-20-22-24-26-28-30-35(33(3)32-34(36)37)31-29-27-25-23-21-19-17-15-13-11-9-7-5-2;/h33H,4-32H2,1-3H3,(H,36,37);/q;+1/p-1. The van der Waals surface area contributed by atoms with E-state index in [2.05, 4.69) is 25.7 Å². The van der Waals surface area contributed by atoms with Gasteiger partial charge in [-0.25, -0.2) is 0 Å². The van der Waals surface area contributed by atoms with Crippen LogP contribution in [0, 0.1) is 0 Å². The minimum Gasteiger partial charge on any atom is -0.550 e. The summed E-state index contributed by atoms with van der Waals surface area (Å²) in [6, 6.07) is 0.0969. The maximum atomic E-state index is 11.2. The molecular formula is C34H68LiNO2. The van der Waals surface area contributed by atoms with E-state index in [9.17, 15) is 9.90 Å². The molecule has 1 atom stereocenters. The van der Waals surface area contributed by atoms with Gasteiger partial charge in [-0.2, -0.15) is 0 Å². The molecule has 3 nitrogen and oxygen atoms in total. The molecule has 0 fully saturated rings. The Morgan fingerprint density at radius 2 is 0.737 bits per heavy atom. The van der Waals surface area contributed by atoms with Gasteiger partial charge in [0.2, 0.25) is 0 Å². The van der Waals surface area contributed by atoms with Crippen molar-refractivity contribution in [1.29, 1.82) is 0 Å². The van der Waals surface area contributed by atoms with E-state index in [1.165, 1.54) is 167 Å². The summed E-state index contributed by atoms with van der Waals surface area (Å²) in [7, 11) is 0. The number of carbonyl (C=O) groups is 1. The molecule has 0 spiro atoms. The van der Waals surface area contributed by atoms with Gasteiger partial charge in [-0.3, -0.25) is 0 Å². The molecule has 0 radical (unpaired) electrons. The van der Waals surface area contributed by atoms with Gasteiger partial charge in [0.25, 0.3) is 0 Å². The van der Waals surface area contributed by atoms with Crippen molar-refractivity contribution in [3.05, 3.63) is 0 Å². The van der Waals surface area contributed by atoms with Gasteiger partial charge in [0.1, 0.15) is 0 Å². The summed E-state index contributed by atoms with van der Waals surface area (Å²) >= 11 is 0. The SMILES string of the molecule is CCCCCCCCCCCCCCCN(CCCCCCCCCCCCCCC)C(C)CC(=O)[O-].[Li+]. The summed E-state index contributed by atoms with van der Waals surface area (Å²) in [5, 5.41) is 11.2. The van der Waals surface area contributed by atoms with E-state index < -0.39 is 5.97 Å². The van der Waals surface area contributed by atoms with Crippen LogP contribution < -0.4 is 24.0 Å². The summed E-state index contributed by atoms with van der Waals surface area (Å²) in [4.78, 5) is 13.6. The average molecular weight is 530 g/mol. The molecule has 1 unspecified atom stereocenters. The van der Waals surface area contributed by atoms with Crippen molar-refractivity contribution < 1.29 is 28.8 Å². The molecule has 0 aliphatic carbocycles. The summed E-state index contributed by atoms with van der Waals surface area (Å²) in [5.41, 5.74) is 0. The van der Waals surface area contributed by atoms with E-state index in [1.54, 1.807) is 0 Å². The molecule has 0 aromatic carbocycles. The third kappa shape index (κ3) is 30.6. The predicted octanol–water partition coefficient (Wildman–Crippen LogP) is 7.00. The fourth-order valence-corrected chi connectivity index (χ4v) is 5.59. The molecule has 0 rings (SSSR count). The van der Waals surface area contributed by atoms with Crippen LogP contribution >= 0.6 is 0 Å². The smallest absolute Gasteiger partial charge is 0.550 e. The predicted molar refractivity (Wildman–Crippen MR) is 162 cm³/mol. The molecule has 0 bridgehead atoms. The first-order valence-electron chi connectivity index (χ1n) is 17.1. The monoisotopic (exact) mass is 530 g/mol. The molecule has 0 aliphatic heterocycles. The van der Waals surface area contributed by atoms with Crippen LogP contribution in [0.3, 0.4) is 0 Å². The Morgan fingerprint density at radius 3 is 0.974 bits per heavy atom. The zero-order valence-electron chi connectivity index (χ0n) is 26.8. The number of carboxylic acid groups (broad SMARTS) is 1. The van der Waals surface area contributed by atoms with E-state index in [0.717, 1.165) is 13.1 Å². The Labute approximate surface area is 252 Å². The Bertz CT molecular complexity index is 430. The number of nitrogens with zero attached hydrogens (tertiary/aromatic N) is 1. The molecule has 0 aliphatic rings. The largest absolute Gasteiger partial charge is 1.00 e. The van der Waals surface area contributed by atoms with Crippen molar-refractivity contribution in [1.82, 2.24) is 4.90 Å². The summed E-state index contributed by atoms with van der Waals surface area (Å²) in [6.45, 7) is 8.73. The molecule has 222 valence electrons. The van der Waals surface area contributed by atoms with Crippen molar-refractivity contribution >= 4 is 5.97 Å².